The van der Waals surface area contributed by atoms with Crippen LogP contribution in [-0.2, 0) is 0 Å². The lowest BCUT2D eigenvalue weighted by Crippen LogP contribution is -2.19. The molecule has 0 spiro atoms. The molecule has 0 aliphatic rings. The van der Waals surface area contributed by atoms with Gasteiger partial charge in [0.2, 0.25) is 0 Å². The van der Waals surface area contributed by atoms with Gasteiger partial charge in [0.05, 0.1) is 7.11 Å². The summed E-state index contributed by atoms with van der Waals surface area (Å²) in [7, 11) is 1.28. The van der Waals surface area contributed by atoms with Crippen molar-refractivity contribution in [2.75, 3.05) is 7.11 Å². The van der Waals surface area contributed by atoms with E-state index in [1.165, 1.54) is 20.1 Å². The molecule has 0 saturated carbocycles. The number of nitrogens with one attached hydrogen (secondary N) is 1. The molecule has 0 unspecified atom stereocenters. The third-order valence-electron chi connectivity index (χ3n) is 2.66. The monoisotopic (exact) mass is 388 g/mol. The molecular weight excluding hydrogens is 378 g/mol. The van der Waals surface area contributed by atoms with E-state index in [1.54, 1.807) is 12.1 Å². The summed E-state index contributed by atoms with van der Waals surface area (Å²) in [5, 5.41) is 6.22. The molecule has 0 aliphatic heterocycles. The van der Waals surface area contributed by atoms with Gasteiger partial charge in [-0.3, -0.25) is 14.7 Å². The molecular formula is C13H10FIN2O3. The van der Waals surface area contributed by atoms with E-state index in [9.17, 15) is 14.0 Å². The molecule has 2 rings (SSSR count). The van der Waals surface area contributed by atoms with Gasteiger partial charge in [0, 0.05) is 16.1 Å². The number of aromatic amines is 1. The van der Waals surface area contributed by atoms with Crippen molar-refractivity contribution in [3.05, 3.63) is 43.5 Å². The SMILES string of the molecule is COc1c(-c2cc(I)ccc2F)[nH]nc(C(C)=O)c1=O. The lowest BCUT2D eigenvalue weighted by Gasteiger charge is -2.09. The van der Waals surface area contributed by atoms with Crippen molar-refractivity contribution in [1.29, 1.82) is 0 Å². The fraction of sp³-hybridized carbons (Fsp3) is 0.154. The largest absolute Gasteiger partial charge is 0.491 e. The van der Waals surface area contributed by atoms with Gasteiger partial charge in [0.15, 0.2) is 17.2 Å². The summed E-state index contributed by atoms with van der Waals surface area (Å²) in [5.41, 5.74) is -0.657. The highest BCUT2D eigenvalue weighted by molar-refractivity contribution is 14.1. The molecule has 0 amide bonds. The van der Waals surface area contributed by atoms with Gasteiger partial charge >= 0.3 is 0 Å². The average molecular weight is 388 g/mol. The van der Waals surface area contributed by atoms with Crippen molar-refractivity contribution in [1.82, 2.24) is 10.2 Å². The highest BCUT2D eigenvalue weighted by atomic mass is 127. The van der Waals surface area contributed by atoms with Crippen LogP contribution in [0.4, 0.5) is 4.39 Å². The van der Waals surface area contributed by atoms with Crippen LogP contribution in [0.25, 0.3) is 11.3 Å². The number of carbonyl (C=O) groups excluding carboxylic acids is 1. The number of hydrogen-bond acceptors (Lipinski definition) is 4. The molecule has 2 aromatic rings. The van der Waals surface area contributed by atoms with Gasteiger partial charge in [-0.15, -0.1) is 0 Å². The molecule has 0 bridgehead atoms. The minimum atomic E-state index is -0.660. The van der Waals surface area contributed by atoms with E-state index < -0.39 is 17.0 Å². The number of benzene rings is 1. The Bertz CT molecular complexity index is 743. The Balaban J connectivity index is 2.75. The van der Waals surface area contributed by atoms with Crippen LogP contribution in [0.1, 0.15) is 17.4 Å². The summed E-state index contributed by atoms with van der Waals surface area (Å²) in [6.07, 6.45) is 0. The number of aromatic nitrogens is 2. The predicted molar refractivity (Wildman–Crippen MR) is 79.5 cm³/mol. The van der Waals surface area contributed by atoms with Crippen LogP contribution in [0.5, 0.6) is 5.75 Å². The number of rotatable bonds is 3. The van der Waals surface area contributed by atoms with E-state index in [1.807, 2.05) is 22.6 Å². The predicted octanol–water partition coefficient (Wildman–Crippen LogP) is 2.39. The zero-order valence-electron chi connectivity index (χ0n) is 10.7. The highest BCUT2D eigenvalue weighted by Crippen LogP contribution is 2.28. The summed E-state index contributed by atoms with van der Waals surface area (Å²) in [6, 6.07) is 4.44. The molecule has 1 aromatic heterocycles. The molecule has 0 radical (unpaired) electrons. The minimum Gasteiger partial charge on any atom is -0.491 e. The topological polar surface area (TPSA) is 72.0 Å². The van der Waals surface area contributed by atoms with Gasteiger partial charge in [-0.2, -0.15) is 5.10 Å². The van der Waals surface area contributed by atoms with Gasteiger partial charge < -0.3 is 4.74 Å². The number of ether oxygens (including phenoxy) is 1. The fourth-order valence-electron chi connectivity index (χ4n) is 1.74. The molecule has 0 atom stereocenters. The average Bonchev–Trinajstić information content (AvgIpc) is 2.40. The zero-order valence-corrected chi connectivity index (χ0v) is 12.8. The number of halogens is 2. The molecule has 0 aliphatic carbocycles. The van der Waals surface area contributed by atoms with Crippen molar-refractivity contribution in [3.63, 3.8) is 0 Å². The van der Waals surface area contributed by atoms with Gasteiger partial charge in [-0.1, -0.05) is 0 Å². The maximum absolute atomic E-state index is 13.9. The van der Waals surface area contributed by atoms with Crippen LogP contribution >= 0.6 is 22.6 Å². The van der Waals surface area contributed by atoms with Crippen LogP contribution in [0.3, 0.4) is 0 Å². The first-order chi connectivity index (χ1) is 9.45. The van der Waals surface area contributed by atoms with Crippen LogP contribution in [-0.4, -0.2) is 23.1 Å². The first-order valence-corrected chi connectivity index (χ1v) is 6.66. The summed E-state index contributed by atoms with van der Waals surface area (Å²) in [6.45, 7) is 1.22. The maximum atomic E-state index is 13.9. The van der Waals surface area contributed by atoms with Crippen molar-refractivity contribution < 1.29 is 13.9 Å². The molecule has 104 valence electrons. The number of H-pyrrole nitrogens is 1. The van der Waals surface area contributed by atoms with E-state index in [-0.39, 0.29) is 22.7 Å². The van der Waals surface area contributed by atoms with E-state index in [4.69, 9.17) is 4.74 Å². The normalized spacial score (nSPS) is 10.4. The smallest absolute Gasteiger partial charge is 0.253 e. The lowest BCUT2D eigenvalue weighted by atomic mass is 10.1. The Morgan fingerprint density at radius 3 is 2.75 bits per heavy atom. The Morgan fingerprint density at radius 2 is 2.15 bits per heavy atom. The highest BCUT2D eigenvalue weighted by Gasteiger charge is 2.20. The van der Waals surface area contributed by atoms with Crippen LogP contribution in [0.15, 0.2) is 23.0 Å². The summed E-state index contributed by atoms with van der Waals surface area (Å²) >= 11 is 2.02. The third kappa shape index (κ3) is 2.58. The van der Waals surface area contributed by atoms with Crippen LogP contribution in [0, 0.1) is 9.39 Å². The second-order valence-electron chi connectivity index (χ2n) is 3.99. The van der Waals surface area contributed by atoms with Crippen LogP contribution < -0.4 is 10.2 Å². The molecule has 0 fully saturated rings. The Hall–Kier alpha value is -1.77. The van der Waals surface area contributed by atoms with E-state index in [2.05, 4.69) is 10.2 Å². The van der Waals surface area contributed by atoms with Crippen LogP contribution in [0.2, 0.25) is 0 Å². The molecule has 20 heavy (non-hydrogen) atoms. The first kappa shape index (κ1) is 14.6. The summed E-state index contributed by atoms with van der Waals surface area (Å²) in [4.78, 5) is 23.4. The van der Waals surface area contributed by atoms with Gasteiger partial charge in [-0.25, -0.2) is 4.39 Å². The Labute approximate surface area is 127 Å². The van der Waals surface area contributed by atoms with Crippen molar-refractivity contribution in [2.24, 2.45) is 0 Å². The maximum Gasteiger partial charge on any atom is 0.253 e. The number of carbonyl (C=O) groups is 1. The third-order valence-corrected chi connectivity index (χ3v) is 3.33. The number of Topliss-reactive ketones (excluding diaryl/α,β-unsaturated/α-hetero) is 1. The first-order valence-electron chi connectivity index (χ1n) is 5.58. The molecule has 1 N–H and O–H groups in total. The molecule has 0 saturated heterocycles. The number of nitrogens with zero attached hydrogens (tertiary/aromatic N) is 1. The van der Waals surface area contributed by atoms with Crippen molar-refractivity contribution in [3.8, 4) is 17.0 Å². The minimum absolute atomic E-state index is 0.110. The van der Waals surface area contributed by atoms with Gasteiger partial charge in [0.25, 0.3) is 5.43 Å². The zero-order chi connectivity index (χ0) is 14.9. The van der Waals surface area contributed by atoms with Crippen molar-refractivity contribution in [2.45, 2.75) is 6.92 Å². The standard InChI is InChI=1S/C13H10FIN2O3/c1-6(18)10-12(19)13(20-2)11(17-16-10)8-5-7(15)3-4-9(8)14/h3-5H,1-2H3,(H,17,19). The van der Waals surface area contributed by atoms with E-state index >= 15 is 0 Å². The molecule has 1 aromatic carbocycles. The summed E-state index contributed by atoms with van der Waals surface area (Å²) in [5.74, 6) is -1.14. The summed E-state index contributed by atoms with van der Waals surface area (Å²) < 4.78 is 19.7. The molecule has 5 nitrogen and oxygen atoms in total. The van der Waals surface area contributed by atoms with Crippen molar-refractivity contribution >= 4 is 28.4 Å². The quantitative estimate of drug-likeness (QED) is 0.648. The number of ketones is 1. The molecule has 7 heteroatoms. The van der Waals surface area contributed by atoms with E-state index in [0.717, 1.165) is 3.57 Å². The second-order valence-corrected chi connectivity index (χ2v) is 5.24. The number of hydrogen-bond donors (Lipinski definition) is 1. The Kier molecular flexibility index (Phi) is 4.17. The number of methoxy groups -OCH3 is 1. The fourth-order valence-corrected chi connectivity index (χ4v) is 2.23. The second kappa shape index (κ2) is 5.70. The van der Waals surface area contributed by atoms with Gasteiger partial charge in [0.1, 0.15) is 11.5 Å². The lowest BCUT2D eigenvalue weighted by molar-refractivity contribution is 0.101. The Morgan fingerprint density at radius 1 is 1.45 bits per heavy atom. The van der Waals surface area contributed by atoms with E-state index in [0.29, 0.717) is 0 Å². The van der Waals surface area contributed by atoms with Gasteiger partial charge in [-0.05, 0) is 40.8 Å². The molecule has 1 heterocycles.